The third-order valence-corrected chi connectivity index (χ3v) is 9.69. The van der Waals surface area contributed by atoms with Gasteiger partial charge in [0.1, 0.15) is 23.4 Å². The fraction of sp³-hybridized carbons (Fsp3) is 0.294. The largest absolute Gasteiger partial charge is 0.476 e. The van der Waals surface area contributed by atoms with E-state index in [1.54, 1.807) is 36.0 Å². The number of aliphatic hydroxyl groups excluding tert-OH is 1. The summed E-state index contributed by atoms with van der Waals surface area (Å²) in [5.41, 5.74) is -0.211. The van der Waals surface area contributed by atoms with E-state index in [0.717, 1.165) is 15.8 Å². The molecule has 5 aromatic rings. The zero-order valence-electron chi connectivity index (χ0n) is 24.3. The van der Waals surface area contributed by atoms with Crippen molar-refractivity contribution in [3.63, 3.8) is 0 Å². The van der Waals surface area contributed by atoms with Gasteiger partial charge in [-0.1, -0.05) is 60.7 Å². The number of anilines is 1. The SMILES string of the molecule is CC12OC(CCOc3nn(Cc4ccccc4)c4ncncc34)(CC1O)C1C(=O)N(c3ccc4ccccc4c3C#N)C(=O)C12. The van der Waals surface area contributed by atoms with Crippen molar-refractivity contribution in [2.24, 2.45) is 11.8 Å². The second kappa shape index (κ2) is 9.92. The summed E-state index contributed by atoms with van der Waals surface area (Å²) in [5.74, 6) is -2.29. The first-order valence-electron chi connectivity index (χ1n) is 14.9. The van der Waals surface area contributed by atoms with Crippen LogP contribution in [-0.2, 0) is 20.9 Å². The van der Waals surface area contributed by atoms with Crippen molar-refractivity contribution < 1.29 is 24.2 Å². The summed E-state index contributed by atoms with van der Waals surface area (Å²) in [7, 11) is 0. The number of rotatable bonds is 7. The maximum Gasteiger partial charge on any atom is 0.244 e. The van der Waals surface area contributed by atoms with Gasteiger partial charge in [0, 0.05) is 24.4 Å². The van der Waals surface area contributed by atoms with Gasteiger partial charge in [-0.3, -0.25) is 9.59 Å². The summed E-state index contributed by atoms with van der Waals surface area (Å²) in [6.07, 6.45) is 2.56. The smallest absolute Gasteiger partial charge is 0.244 e. The third kappa shape index (κ3) is 3.92. The lowest BCUT2D eigenvalue weighted by Crippen LogP contribution is -2.49. The second-order valence-electron chi connectivity index (χ2n) is 12.1. The Morgan fingerprint density at radius 3 is 2.64 bits per heavy atom. The molecule has 5 heterocycles. The molecule has 0 spiro atoms. The number of aromatic nitrogens is 4. The number of nitrogens with zero attached hydrogens (tertiary/aromatic N) is 6. The number of amides is 2. The molecule has 45 heavy (non-hydrogen) atoms. The summed E-state index contributed by atoms with van der Waals surface area (Å²) in [5, 5.41) is 28.1. The highest BCUT2D eigenvalue weighted by atomic mass is 16.6. The lowest BCUT2D eigenvalue weighted by Gasteiger charge is -2.33. The molecule has 3 aliphatic heterocycles. The summed E-state index contributed by atoms with van der Waals surface area (Å²) >= 11 is 0. The minimum atomic E-state index is -1.26. The highest BCUT2D eigenvalue weighted by molar-refractivity contribution is 6.24. The van der Waals surface area contributed by atoms with Gasteiger partial charge in [0.2, 0.25) is 17.7 Å². The molecule has 2 aromatic heterocycles. The summed E-state index contributed by atoms with van der Waals surface area (Å²) in [4.78, 5) is 37.9. The number of imide groups is 1. The Kier molecular flexibility index (Phi) is 6.03. The van der Waals surface area contributed by atoms with E-state index < -0.39 is 41.0 Å². The van der Waals surface area contributed by atoms with Gasteiger partial charge < -0.3 is 14.6 Å². The van der Waals surface area contributed by atoms with Crippen LogP contribution in [0.2, 0.25) is 0 Å². The van der Waals surface area contributed by atoms with Crippen LogP contribution in [0.3, 0.4) is 0 Å². The number of carbonyl (C=O) groups excluding carboxylic acids is 2. The van der Waals surface area contributed by atoms with Crippen molar-refractivity contribution in [1.82, 2.24) is 19.7 Å². The maximum absolute atomic E-state index is 14.2. The van der Waals surface area contributed by atoms with E-state index in [1.807, 2.05) is 48.5 Å². The van der Waals surface area contributed by atoms with Crippen molar-refractivity contribution in [3.8, 4) is 11.9 Å². The van der Waals surface area contributed by atoms with Crippen molar-refractivity contribution in [2.45, 2.75) is 43.6 Å². The average Bonchev–Trinajstić information content (AvgIpc) is 3.71. The van der Waals surface area contributed by atoms with Crippen LogP contribution >= 0.6 is 0 Å². The summed E-state index contributed by atoms with van der Waals surface area (Å²) in [6, 6.07) is 22.9. The lowest BCUT2D eigenvalue weighted by atomic mass is 9.66. The van der Waals surface area contributed by atoms with Crippen LogP contribution in [-0.4, -0.2) is 60.6 Å². The number of fused-ring (bicyclic) bond motifs is 7. The molecule has 0 radical (unpaired) electrons. The Morgan fingerprint density at radius 1 is 1.04 bits per heavy atom. The van der Waals surface area contributed by atoms with E-state index in [1.165, 1.54) is 6.33 Å². The quantitative estimate of drug-likeness (QED) is 0.276. The molecule has 3 saturated heterocycles. The van der Waals surface area contributed by atoms with Gasteiger partial charge >= 0.3 is 0 Å². The van der Waals surface area contributed by atoms with Crippen molar-refractivity contribution in [2.75, 3.05) is 11.5 Å². The Hall–Kier alpha value is -5.18. The number of ether oxygens (including phenoxy) is 2. The fourth-order valence-corrected chi connectivity index (χ4v) is 7.61. The first-order chi connectivity index (χ1) is 21.8. The summed E-state index contributed by atoms with van der Waals surface area (Å²) in [6.45, 7) is 2.30. The Bertz CT molecular complexity index is 2060. The molecule has 2 amide bonds. The number of nitriles is 1. The third-order valence-electron chi connectivity index (χ3n) is 9.69. The second-order valence-corrected chi connectivity index (χ2v) is 12.1. The maximum atomic E-state index is 14.2. The topological polar surface area (TPSA) is 143 Å². The molecule has 0 saturated carbocycles. The minimum absolute atomic E-state index is 0.110. The molecule has 2 bridgehead atoms. The first-order valence-corrected chi connectivity index (χ1v) is 14.9. The van der Waals surface area contributed by atoms with Gasteiger partial charge in [-0.15, -0.1) is 5.10 Å². The first kappa shape index (κ1) is 27.4. The van der Waals surface area contributed by atoms with Crippen molar-refractivity contribution >= 4 is 39.3 Å². The van der Waals surface area contributed by atoms with Crippen LogP contribution in [0.25, 0.3) is 21.8 Å². The molecule has 0 aliphatic carbocycles. The van der Waals surface area contributed by atoms with E-state index in [-0.39, 0.29) is 30.7 Å². The summed E-state index contributed by atoms with van der Waals surface area (Å²) < 4.78 is 14.4. The van der Waals surface area contributed by atoms with Gasteiger partial charge in [-0.05, 0) is 23.9 Å². The van der Waals surface area contributed by atoms with Crippen LogP contribution in [0.5, 0.6) is 5.88 Å². The predicted octanol–water partition coefficient (Wildman–Crippen LogP) is 3.77. The Morgan fingerprint density at radius 2 is 1.82 bits per heavy atom. The van der Waals surface area contributed by atoms with Crippen LogP contribution in [0.4, 0.5) is 5.69 Å². The van der Waals surface area contributed by atoms with E-state index in [9.17, 15) is 20.0 Å². The zero-order valence-corrected chi connectivity index (χ0v) is 24.3. The van der Waals surface area contributed by atoms with Crippen LogP contribution in [0, 0.1) is 23.2 Å². The standard InChI is InChI=1S/C34H28N6O5/c1-33-26(41)15-34(45-33,13-14-44-30-24-17-36-19-37-29(24)39(38-30)18-20-7-3-2-4-8-20)28-27(33)31(42)40(32(28)43)25-12-11-21-9-5-6-10-22(21)23(25)16-35/h2-12,17,19,26-28,41H,13-15,18H2,1H3. The van der Waals surface area contributed by atoms with E-state index in [4.69, 9.17) is 9.47 Å². The molecule has 8 rings (SSSR count). The average molecular weight is 601 g/mol. The van der Waals surface area contributed by atoms with E-state index in [0.29, 0.717) is 28.8 Å². The molecular weight excluding hydrogens is 572 g/mol. The van der Waals surface area contributed by atoms with Crippen molar-refractivity contribution in [3.05, 3.63) is 90.4 Å². The molecule has 3 aromatic carbocycles. The molecule has 3 aliphatic rings. The highest BCUT2D eigenvalue weighted by Gasteiger charge is 2.77. The molecule has 5 atom stereocenters. The van der Waals surface area contributed by atoms with Crippen molar-refractivity contribution in [1.29, 1.82) is 5.26 Å². The predicted molar refractivity (Wildman–Crippen MR) is 162 cm³/mol. The number of hydrogen-bond donors (Lipinski definition) is 1. The molecule has 5 unspecified atom stereocenters. The Balaban J connectivity index is 1.09. The minimum Gasteiger partial charge on any atom is -0.476 e. The van der Waals surface area contributed by atoms with Crippen LogP contribution in [0.1, 0.15) is 30.9 Å². The van der Waals surface area contributed by atoms with E-state index in [2.05, 4.69) is 21.1 Å². The van der Waals surface area contributed by atoms with Gasteiger partial charge in [0.15, 0.2) is 5.65 Å². The molecule has 11 heteroatoms. The molecule has 224 valence electrons. The van der Waals surface area contributed by atoms with Crippen LogP contribution in [0.15, 0.2) is 79.3 Å². The van der Waals surface area contributed by atoms with Crippen LogP contribution < -0.4 is 9.64 Å². The normalized spacial score (nSPS) is 27.0. The number of aliphatic hydroxyl groups is 1. The number of hydrogen-bond acceptors (Lipinski definition) is 9. The monoisotopic (exact) mass is 600 g/mol. The lowest BCUT2D eigenvalue weighted by molar-refractivity contribution is -0.134. The van der Waals surface area contributed by atoms with E-state index >= 15 is 0 Å². The molecular formula is C34H28N6O5. The molecule has 1 N–H and O–H groups in total. The molecule has 11 nitrogen and oxygen atoms in total. The highest BCUT2D eigenvalue weighted by Crippen LogP contribution is 2.62. The number of benzene rings is 3. The van der Waals surface area contributed by atoms with Gasteiger partial charge in [-0.25, -0.2) is 19.5 Å². The van der Waals surface area contributed by atoms with Gasteiger partial charge in [-0.2, -0.15) is 5.26 Å². The van der Waals surface area contributed by atoms with Gasteiger partial charge in [0.25, 0.3) is 0 Å². The Labute approximate surface area is 257 Å². The fourth-order valence-electron chi connectivity index (χ4n) is 7.61. The number of carbonyl (C=O) groups is 2. The zero-order chi connectivity index (χ0) is 30.9. The molecule has 3 fully saturated rings. The van der Waals surface area contributed by atoms with Gasteiger partial charge in [0.05, 0.1) is 47.9 Å².